The zero-order valence-electron chi connectivity index (χ0n) is 3.56. The molecule has 0 unspecified atom stereocenters. The van der Waals surface area contributed by atoms with Gasteiger partial charge in [-0.15, -0.1) is 0 Å². The second-order valence-corrected chi connectivity index (χ2v) is 1.85. The first-order valence-corrected chi connectivity index (χ1v) is 2.10. The minimum atomic E-state index is -2.33. The molecule has 2 nitrogen and oxygen atoms in total. The average Bonchev–Trinajstić information content (AvgIpc) is 1.68. The van der Waals surface area contributed by atoms with Crippen molar-refractivity contribution in [3.63, 3.8) is 0 Å². The lowest BCUT2D eigenvalue weighted by Crippen LogP contribution is -2.24. The van der Waals surface area contributed by atoms with E-state index in [1.165, 1.54) is 0 Å². The van der Waals surface area contributed by atoms with Crippen molar-refractivity contribution in [1.29, 1.82) is 0 Å². The molecule has 44 valence electrons. The Bertz CT molecular complexity index is 50.9. The molecule has 0 aliphatic carbocycles. The van der Waals surface area contributed by atoms with Crippen LogP contribution in [0.25, 0.3) is 0 Å². The Morgan fingerprint density at radius 2 is 1.71 bits per heavy atom. The molecule has 0 heterocycles. The van der Waals surface area contributed by atoms with E-state index in [0.717, 1.165) is 0 Å². The Kier molecular flexibility index (Phi) is 2.50. The summed E-state index contributed by atoms with van der Waals surface area (Å²) < 4.78 is 11.8. The molecular formula is C3H6ClFO2. The zero-order valence-corrected chi connectivity index (χ0v) is 4.32. The highest BCUT2D eigenvalue weighted by Crippen LogP contribution is 2.13. The Morgan fingerprint density at radius 1 is 1.43 bits per heavy atom. The standard InChI is InChI=1S/C3H6ClFO2/c4-3(5,1-6)2-7/h6-7H,1-2H2. The van der Waals surface area contributed by atoms with Crippen LogP contribution in [-0.4, -0.2) is 28.6 Å². The topological polar surface area (TPSA) is 40.5 Å². The predicted octanol–water partition coefficient (Wildman–Crippen LogP) is -0.124. The van der Waals surface area contributed by atoms with Crippen LogP contribution >= 0.6 is 11.6 Å². The number of aliphatic hydroxyl groups is 2. The second kappa shape index (κ2) is 2.45. The van der Waals surface area contributed by atoms with Crippen LogP contribution in [0, 0.1) is 0 Å². The summed E-state index contributed by atoms with van der Waals surface area (Å²) in [5, 5.41) is 13.5. The number of hydrogen-bond donors (Lipinski definition) is 2. The van der Waals surface area contributed by atoms with Gasteiger partial charge in [0.1, 0.15) is 0 Å². The molecule has 7 heavy (non-hydrogen) atoms. The second-order valence-electron chi connectivity index (χ2n) is 1.17. The first kappa shape index (κ1) is 7.14. The van der Waals surface area contributed by atoms with Gasteiger partial charge in [-0.05, 0) is 0 Å². The Balaban J connectivity index is 3.36. The maximum absolute atomic E-state index is 11.8. The summed E-state index contributed by atoms with van der Waals surface area (Å²) in [6.45, 7) is -1.71. The molecule has 4 heteroatoms. The van der Waals surface area contributed by atoms with E-state index in [9.17, 15) is 4.39 Å². The molecule has 0 aliphatic rings. The van der Waals surface area contributed by atoms with E-state index in [1.807, 2.05) is 0 Å². The fourth-order valence-electron chi connectivity index (χ4n) is 0.0500. The van der Waals surface area contributed by atoms with Crippen molar-refractivity contribution >= 4 is 11.6 Å². The highest BCUT2D eigenvalue weighted by atomic mass is 35.5. The fourth-order valence-corrected chi connectivity index (χ4v) is 0.0500. The van der Waals surface area contributed by atoms with Crippen molar-refractivity contribution in [2.75, 3.05) is 13.2 Å². The summed E-state index contributed by atoms with van der Waals surface area (Å²) in [7, 11) is 0. The van der Waals surface area contributed by atoms with Crippen LogP contribution in [0.3, 0.4) is 0 Å². The van der Waals surface area contributed by atoms with Gasteiger partial charge in [-0.25, -0.2) is 4.39 Å². The van der Waals surface area contributed by atoms with Crippen molar-refractivity contribution in [3.05, 3.63) is 0 Å². The van der Waals surface area contributed by atoms with Gasteiger partial charge in [0, 0.05) is 0 Å². The molecule has 0 bridgehead atoms. The highest BCUT2D eigenvalue weighted by molar-refractivity contribution is 6.23. The molecule has 0 spiro atoms. The molecule has 0 fully saturated rings. The third-order valence-electron chi connectivity index (χ3n) is 0.463. The Morgan fingerprint density at radius 3 is 1.71 bits per heavy atom. The van der Waals surface area contributed by atoms with Crippen LogP contribution in [0.5, 0.6) is 0 Å². The van der Waals surface area contributed by atoms with E-state index in [2.05, 4.69) is 0 Å². The molecule has 0 aliphatic heterocycles. The van der Waals surface area contributed by atoms with Crippen LogP contribution < -0.4 is 0 Å². The first-order valence-electron chi connectivity index (χ1n) is 1.72. The summed E-state index contributed by atoms with van der Waals surface area (Å²) in [5.74, 6) is 0. The van der Waals surface area contributed by atoms with E-state index in [4.69, 9.17) is 21.8 Å². The predicted molar refractivity (Wildman–Crippen MR) is 23.9 cm³/mol. The van der Waals surface area contributed by atoms with Crippen molar-refractivity contribution in [1.82, 2.24) is 0 Å². The van der Waals surface area contributed by atoms with Gasteiger partial charge < -0.3 is 10.2 Å². The van der Waals surface area contributed by atoms with Crippen molar-refractivity contribution < 1.29 is 14.6 Å². The van der Waals surface area contributed by atoms with Crippen LogP contribution in [0.1, 0.15) is 0 Å². The molecule has 0 radical (unpaired) electrons. The molecule has 0 saturated heterocycles. The van der Waals surface area contributed by atoms with Gasteiger partial charge in [-0.2, -0.15) is 0 Å². The van der Waals surface area contributed by atoms with Crippen LogP contribution in [-0.2, 0) is 0 Å². The first-order chi connectivity index (χ1) is 3.12. The lowest BCUT2D eigenvalue weighted by Gasteiger charge is -2.08. The molecule has 0 aromatic carbocycles. The highest BCUT2D eigenvalue weighted by Gasteiger charge is 2.22. The molecule has 0 amide bonds. The van der Waals surface area contributed by atoms with Crippen molar-refractivity contribution in [2.24, 2.45) is 0 Å². The third-order valence-corrected chi connectivity index (χ3v) is 0.702. The summed E-state index contributed by atoms with van der Waals surface area (Å²) in [4.78, 5) is 0. The van der Waals surface area contributed by atoms with Crippen LogP contribution in [0.15, 0.2) is 0 Å². The fraction of sp³-hybridized carbons (Fsp3) is 1.00. The quantitative estimate of drug-likeness (QED) is 0.509. The molecule has 0 saturated carbocycles. The summed E-state index contributed by atoms with van der Waals surface area (Å²) in [6.07, 6.45) is 0. The molecular weight excluding hydrogens is 122 g/mol. The van der Waals surface area contributed by atoms with E-state index in [-0.39, 0.29) is 0 Å². The van der Waals surface area contributed by atoms with Crippen LogP contribution in [0.4, 0.5) is 4.39 Å². The normalized spacial score (nSPS) is 12.0. The molecule has 0 aromatic rings. The number of alkyl halides is 2. The van der Waals surface area contributed by atoms with E-state index in [0.29, 0.717) is 0 Å². The molecule has 0 atom stereocenters. The number of halogens is 2. The smallest absolute Gasteiger partial charge is 0.228 e. The molecule has 0 aromatic heterocycles. The van der Waals surface area contributed by atoms with Gasteiger partial charge in [-0.1, -0.05) is 11.6 Å². The number of aliphatic hydroxyl groups excluding tert-OH is 2. The Labute approximate surface area is 45.5 Å². The van der Waals surface area contributed by atoms with Gasteiger partial charge >= 0.3 is 0 Å². The zero-order chi connectivity index (χ0) is 5.91. The maximum Gasteiger partial charge on any atom is 0.228 e. The number of rotatable bonds is 2. The minimum absolute atomic E-state index is 0.856. The van der Waals surface area contributed by atoms with E-state index >= 15 is 0 Å². The van der Waals surface area contributed by atoms with Gasteiger partial charge in [0.2, 0.25) is 5.13 Å². The van der Waals surface area contributed by atoms with Crippen LogP contribution in [0.2, 0.25) is 0 Å². The Hall–Kier alpha value is 0.140. The largest absolute Gasteiger partial charge is 0.392 e. The van der Waals surface area contributed by atoms with Crippen molar-refractivity contribution in [2.45, 2.75) is 5.13 Å². The lowest BCUT2D eigenvalue weighted by molar-refractivity contribution is 0.0806. The summed E-state index contributed by atoms with van der Waals surface area (Å²) >= 11 is 4.74. The monoisotopic (exact) mass is 128 g/mol. The summed E-state index contributed by atoms with van der Waals surface area (Å²) in [5.41, 5.74) is 0. The molecule has 0 rings (SSSR count). The number of hydrogen-bond acceptors (Lipinski definition) is 2. The van der Waals surface area contributed by atoms with Gasteiger partial charge in [0.25, 0.3) is 0 Å². The SMILES string of the molecule is OCC(F)(Cl)CO. The van der Waals surface area contributed by atoms with E-state index < -0.39 is 18.3 Å². The van der Waals surface area contributed by atoms with Gasteiger partial charge in [0.05, 0.1) is 13.2 Å². The average molecular weight is 129 g/mol. The third kappa shape index (κ3) is 2.79. The summed E-state index contributed by atoms with van der Waals surface area (Å²) in [6, 6.07) is 0. The minimum Gasteiger partial charge on any atom is -0.392 e. The van der Waals surface area contributed by atoms with Gasteiger partial charge in [0.15, 0.2) is 0 Å². The van der Waals surface area contributed by atoms with Crippen molar-refractivity contribution in [3.8, 4) is 0 Å². The molecule has 2 N–H and O–H groups in total. The van der Waals surface area contributed by atoms with E-state index in [1.54, 1.807) is 0 Å². The maximum atomic E-state index is 11.8. The lowest BCUT2D eigenvalue weighted by atomic mass is 10.4. The van der Waals surface area contributed by atoms with Gasteiger partial charge in [-0.3, -0.25) is 0 Å².